The number of carbonyl (C=O) groups is 2. The first kappa shape index (κ1) is 22.9. The molecule has 5 nitrogen and oxygen atoms in total. The van der Waals surface area contributed by atoms with Crippen LogP contribution in [0.3, 0.4) is 0 Å². The minimum absolute atomic E-state index is 0.0295. The minimum Gasteiger partial charge on any atom is -0.477 e. The Morgan fingerprint density at radius 2 is 2.21 bits per heavy atom. The number of carboxylic acids is 1. The molecule has 2 heterocycles. The van der Waals surface area contributed by atoms with Gasteiger partial charge in [0.15, 0.2) is 0 Å². The molecule has 0 radical (unpaired) electrons. The number of rotatable bonds is 9. The molecule has 29 heavy (non-hydrogen) atoms. The van der Waals surface area contributed by atoms with Gasteiger partial charge < -0.3 is 15.1 Å². The summed E-state index contributed by atoms with van der Waals surface area (Å²) in [5.74, 6) is 5.41. The van der Waals surface area contributed by atoms with Gasteiger partial charge in [0.2, 0.25) is 5.91 Å². The highest BCUT2D eigenvalue weighted by Gasteiger charge is 2.28. The van der Waals surface area contributed by atoms with Gasteiger partial charge in [-0.3, -0.25) is 4.79 Å². The van der Waals surface area contributed by atoms with Gasteiger partial charge in [0, 0.05) is 30.7 Å². The van der Waals surface area contributed by atoms with E-state index in [9.17, 15) is 14.7 Å². The second kappa shape index (κ2) is 11.6. The lowest BCUT2D eigenvalue weighted by atomic mass is 10.00. The average molecular weight is 416 g/mol. The number of carboxylic acid groups (broad SMARTS) is 1. The maximum absolute atomic E-state index is 12.2. The minimum atomic E-state index is -0.932. The molecule has 156 valence electrons. The van der Waals surface area contributed by atoms with Crippen LogP contribution in [0, 0.1) is 17.8 Å². The van der Waals surface area contributed by atoms with Gasteiger partial charge >= 0.3 is 5.97 Å². The van der Waals surface area contributed by atoms with E-state index in [0.717, 1.165) is 24.1 Å². The topological polar surface area (TPSA) is 77.8 Å². The Morgan fingerprint density at radius 1 is 1.41 bits per heavy atom. The first-order valence-corrected chi connectivity index (χ1v) is 10.8. The predicted octanol–water partition coefficient (Wildman–Crippen LogP) is 4.20. The molecule has 1 aliphatic heterocycles. The molecule has 1 amide bonds. The number of amides is 1. The summed E-state index contributed by atoms with van der Waals surface area (Å²) >= 11 is 1.20. The van der Waals surface area contributed by atoms with Crippen molar-refractivity contribution in [1.29, 1.82) is 0 Å². The van der Waals surface area contributed by atoms with Crippen LogP contribution in [0.15, 0.2) is 30.4 Å². The molecule has 1 fully saturated rings. The number of aliphatic hydroxyl groups excluding tert-OH is 1. The van der Waals surface area contributed by atoms with Crippen molar-refractivity contribution in [2.24, 2.45) is 5.92 Å². The molecule has 0 aromatic carbocycles. The summed E-state index contributed by atoms with van der Waals surface area (Å²) in [6, 6.07) is 3.31. The SMILES string of the molecule is CCCC#CC[C@H](C)[C@@H](O)/C=C\[C@H]1CCC(=O)N1CC=Cc1ccc(C(=O)O)s1. The van der Waals surface area contributed by atoms with E-state index >= 15 is 0 Å². The maximum Gasteiger partial charge on any atom is 0.345 e. The van der Waals surface area contributed by atoms with Crippen LogP contribution in [-0.4, -0.2) is 45.7 Å². The van der Waals surface area contributed by atoms with Gasteiger partial charge in [-0.25, -0.2) is 4.79 Å². The van der Waals surface area contributed by atoms with Crippen molar-refractivity contribution in [2.75, 3.05) is 6.54 Å². The van der Waals surface area contributed by atoms with E-state index in [0.29, 0.717) is 24.3 Å². The van der Waals surface area contributed by atoms with E-state index in [1.165, 1.54) is 11.3 Å². The van der Waals surface area contributed by atoms with Crippen LogP contribution in [-0.2, 0) is 4.79 Å². The fraction of sp³-hybridized carbons (Fsp3) is 0.478. The Morgan fingerprint density at radius 3 is 2.90 bits per heavy atom. The van der Waals surface area contributed by atoms with Crippen molar-refractivity contribution in [3.05, 3.63) is 40.1 Å². The van der Waals surface area contributed by atoms with E-state index in [-0.39, 0.29) is 17.9 Å². The summed E-state index contributed by atoms with van der Waals surface area (Å²) in [5.41, 5.74) is 0. The highest BCUT2D eigenvalue weighted by molar-refractivity contribution is 7.14. The number of nitrogens with zero attached hydrogens (tertiary/aromatic N) is 1. The number of aliphatic hydroxyl groups is 1. The third-order valence-corrected chi connectivity index (χ3v) is 5.87. The van der Waals surface area contributed by atoms with Gasteiger partial charge in [-0.15, -0.1) is 23.2 Å². The molecular weight excluding hydrogens is 386 g/mol. The van der Waals surface area contributed by atoms with Gasteiger partial charge in [-0.2, -0.15) is 0 Å². The number of hydrogen-bond acceptors (Lipinski definition) is 4. The maximum atomic E-state index is 12.2. The molecule has 0 saturated carbocycles. The lowest BCUT2D eigenvalue weighted by Gasteiger charge is -2.21. The molecule has 2 N–H and O–H groups in total. The molecule has 0 unspecified atom stereocenters. The van der Waals surface area contributed by atoms with Crippen molar-refractivity contribution >= 4 is 29.3 Å². The highest BCUT2D eigenvalue weighted by atomic mass is 32.1. The molecule has 0 aliphatic carbocycles. The highest BCUT2D eigenvalue weighted by Crippen LogP contribution is 2.22. The number of carbonyl (C=O) groups excluding carboxylic acids is 1. The second-order valence-corrected chi connectivity index (χ2v) is 8.34. The summed E-state index contributed by atoms with van der Waals surface area (Å²) in [7, 11) is 0. The van der Waals surface area contributed by atoms with Crippen molar-refractivity contribution in [3.63, 3.8) is 0 Å². The molecular formula is C23H29NO4S. The van der Waals surface area contributed by atoms with E-state index in [1.54, 1.807) is 23.1 Å². The first-order chi connectivity index (χ1) is 13.9. The van der Waals surface area contributed by atoms with Crippen LogP contribution in [0.1, 0.15) is 60.5 Å². The van der Waals surface area contributed by atoms with Crippen molar-refractivity contribution < 1.29 is 19.8 Å². The molecule has 0 spiro atoms. The molecule has 0 bridgehead atoms. The average Bonchev–Trinajstić information content (AvgIpc) is 3.31. The lowest BCUT2D eigenvalue weighted by Crippen LogP contribution is -2.32. The fourth-order valence-corrected chi connectivity index (χ4v) is 3.81. The molecule has 1 aromatic rings. The Balaban J connectivity index is 1.90. The van der Waals surface area contributed by atoms with E-state index in [2.05, 4.69) is 18.8 Å². The molecule has 3 atom stereocenters. The quantitative estimate of drug-likeness (QED) is 0.468. The zero-order valence-electron chi connectivity index (χ0n) is 17.0. The van der Waals surface area contributed by atoms with E-state index < -0.39 is 12.1 Å². The molecule has 1 saturated heterocycles. The zero-order valence-corrected chi connectivity index (χ0v) is 17.8. The van der Waals surface area contributed by atoms with E-state index in [4.69, 9.17) is 5.11 Å². The summed E-state index contributed by atoms with van der Waals surface area (Å²) in [6.45, 7) is 4.53. The van der Waals surface area contributed by atoms with Crippen molar-refractivity contribution in [1.82, 2.24) is 4.90 Å². The van der Waals surface area contributed by atoms with Crippen LogP contribution in [0.25, 0.3) is 6.08 Å². The fourth-order valence-electron chi connectivity index (χ4n) is 3.03. The van der Waals surface area contributed by atoms with Crippen LogP contribution in [0.2, 0.25) is 0 Å². The monoisotopic (exact) mass is 415 g/mol. The lowest BCUT2D eigenvalue weighted by molar-refractivity contribution is -0.127. The Bertz CT molecular complexity index is 814. The van der Waals surface area contributed by atoms with E-state index in [1.807, 2.05) is 25.2 Å². The summed E-state index contributed by atoms with van der Waals surface area (Å²) in [4.78, 5) is 26.1. The summed E-state index contributed by atoms with van der Waals surface area (Å²) in [5, 5.41) is 19.3. The number of likely N-dealkylation sites (tertiary alicyclic amines) is 1. The smallest absolute Gasteiger partial charge is 0.345 e. The molecule has 2 rings (SSSR count). The third kappa shape index (κ3) is 7.19. The second-order valence-electron chi connectivity index (χ2n) is 7.22. The number of thiophene rings is 1. The zero-order chi connectivity index (χ0) is 21.2. The first-order valence-electron chi connectivity index (χ1n) is 10.0. The van der Waals surface area contributed by atoms with Gasteiger partial charge in [0.05, 0.1) is 12.1 Å². The predicted molar refractivity (Wildman–Crippen MR) is 117 cm³/mol. The van der Waals surface area contributed by atoms with Crippen LogP contribution >= 0.6 is 11.3 Å². The standard InChI is InChI=1S/C23H29NO4S/c1-3-4-5-6-8-17(2)20(25)13-10-18-11-15-22(26)24(18)16-7-9-19-12-14-21(29-19)23(27)28/h7,9-10,12-14,17-18,20,25H,3-4,8,11,15-16H2,1-2H3,(H,27,28)/b9-7?,13-10-/t17-,18-,20-/m0/s1. The van der Waals surface area contributed by atoms with Crippen LogP contribution < -0.4 is 0 Å². The summed E-state index contributed by atoms with van der Waals surface area (Å²) < 4.78 is 0. The molecule has 1 aromatic heterocycles. The number of hydrogen-bond donors (Lipinski definition) is 2. The van der Waals surface area contributed by atoms with Gasteiger partial charge in [0.25, 0.3) is 0 Å². The summed E-state index contributed by atoms with van der Waals surface area (Å²) in [6.07, 6.45) is 10.7. The number of unbranched alkanes of at least 4 members (excludes halogenated alkanes) is 1. The van der Waals surface area contributed by atoms with Gasteiger partial charge in [0.1, 0.15) is 4.88 Å². The van der Waals surface area contributed by atoms with Gasteiger partial charge in [-0.05, 0) is 37.0 Å². The van der Waals surface area contributed by atoms with Gasteiger partial charge in [-0.1, -0.05) is 32.1 Å². The molecule has 6 heteroatoms. The van der Waals surface area contributed by atoms with Crippen LogP contribution in [0.5, 0.6) is 0 Å². The van der Waals surface area contributed by atoms with Crippen molar-refractivity contribution in [2.45, 2.75) is 58.1 Å². The van der Waals surface area contributed by atoms with Crippen LogP contribution in [0.4, 0.5) is 0 Å². The molecule has 1 aliphatic rings. The largest absolute Gasteiger partial charge is 0.477 e. The Kier molecular flexibility index (Phi) is 9.17. The van der Waals surface area contributed by atoms with Crippen molar-refractivity contribution in [3.8, 4) is 11.8 Å². The Labute approximate surface area is 176 Å². The third-order valence-electron chi connectivity index (χ3n) is 4.83. The normalized spacial score (nSPS) is 18.9. The Hall–Kier alpha value is -2.36. The number of aromatic carboxylic acids is 1.